The molecule has 3 N–H and O–H groups in total. The van der Waals surface area contributed by atoms with E-state index in [1.165, 1.54) is 0 Å². The van der Waals surface area contributed by atoms with Crippen molar-refractivity contribution in [1.29, 1.82) is 0 Å². The minimum absolute atomic E-state index is 0.172. The van der Waals surface area contributed by atoms with Gasteiger partial charge in [-0.05, 0) is 55.4 Å². The van der Waals surface area contributed by atoms with E-state index in [1.807, 2.05) is 50.2 Å². The number of thiocarbonyl (C=S) groups is 1. The molecule has 0 radical (unpaired) electrons. The van der Waals surface area contributed by atoms with Gasteiger partial charge in [0.2, 0.25) is 0 Å². The highest BCUT2D eigenvalue weighted by Crippen LogP contribution is 2.29. The Morgan fingerprint density at radius 1 is 1.12 bits per heavy atom. The van der Waals surface area contributed by atoms with Crippen LogP contribution in [-0.2, 0) is 4.79 Å². The predicted octanol–water partition coefficient (Wildman–Crippen LogP) is 4.08. The molecule has 0 bridgehead atoms. The highest BCUT2D eigenvalue weighted by atomic mass is 35.5. The van der Waals surface area contributed by atoms with Crippen molar-refractivity contribution < 1.29 is 4.79 Å². The van der Waals surface area contributed by atoms with Gasteiger partial charge in [-0.15, -0.1) is 0 Å². The van der Waals surface area contributed by atoms with E-state index in [2.05, 4.69) is 16.0 Å². The lowest BCUT2D eigenvalue weighted by Gasteiger charge is -2.30. The maximum absolute atomic E-state index is 13.0. The molecule has 1 aliphatic heterocycles. The molecule has 0 fully saturated rings. The lowest BCUT2D eigenvalue weighted by molar-refractivity contribution is -0.113. The van der Waals surface area contributed by atoms with Crippen molar-refractivity contribution in [3.05, 3.63) is 76.0 Å². The first-order valence-corrected chi connectivity index (χ1v) is 8.65. The average molecular weight is 372 g/mol. The molecule has 1 aliphatic rings. The summed E-state index contributed by atoms with van der Waals surface area (Å²) in [7, 11) is 0. The van der Waals surface area contributed by atoms with Gasteiger partial charge in [-0.2, -0.15) is 0 Å². The van der Waals surface area contributed by atoms with E-state index in [0.717, 1.165) is 22.5 Å². The fourth-order valence-electron chi connectivity index (χ4n) is 2.80. The molecule has 0 aliphatic carbocycles. The van der Waals surface area contributed by atoms with Gasteiger partial charge in [0.05, 0.1) is 11.6 Å². The van der Waals surface area contributed by atoms with Crippen LogP contribution in [0.4, 0.5) is 5.69 Å². The fourth-order valence-corrected chi connectivity index (χ4v) is 3.20. The Morgan fingerprint density at radius 2 is 1.80 bits per heavy atom. The summed E-state index contributed by atoms with van der Waals surface area (Å²) >= 11 is 11.2. The Morgan fingerprint density at radius 3 is 2.48 bits per heavy atom. The molecule has 2 aromatic carbocycles. The standard InChI is InChI=1S/C19H18ClN3OS/c1-11-5-3-4-6-15(11)22-18(24)16-12(2)21-19(25)23-17(16)13-7-9-14(20)10-8-13/h3-10,17H,1-2H3,(H,22,24)(H2,21,23,25)/t17-/m0/s1. The van der Waals surface area contributed by atoms with Gasteiger partial charge in [-0.3, -0.25) is 4.79 Å². The second-order valence-electron chi connectivity index (χ2n) is 5.89. The molecule has 0 saturated carbocycles. The third-order valence-electron chi connectivity index (χ3n) is 4.11. The Hall–Kier alpha value is -2.37. The highest BCUT2D eigenvalue weighted by Gasteiger charge is 2.30. The number of carbonyl (C=O) groups excluding carboxylic acids is 1. The summed E-state index contributed by atoms with van der Waals surface area (Å²) in [6.07, 6.45) is 0. The number of anilines is 1. The van der Waals surface area contributed by atoms with Gasteiger partial charge >= 0.3 is 0 Å². The van der Waals surface area contributed by atoms with Crippen LogP contribution in [0.15, 0.2) is 59.8 Å². The predicted molar refractivity (Wildman–Crippen MR) is 106 cm³/mol. The summed E-state index contributed by atoms with van der Waals surface area (Å²) < 4.78 is 0. The topological polar surface area (TPSA) is 53.2 Å². The number of allylic oxidation sites excluding steroid dienone is 1. The monoisotopic (exact) mass is 371 g/mol. The van der Waals surface area contributed by atoms with Gasteiger partial charge in [-0.1, -0.05) is 41.9 Å². The SMILES string of the molecule is CC1=C(C(=O)Nc2ccccc2C)[C@H](c2ccc(Cl)cc2)NC(=S)N1. The highest BCUT2D eigenvalue weighted by molar-refractivity contribution is 7.80. The van der Waals surface area contributed by atoms with E-state index >= 15 is 0 Å². The number of hydrogen-bond acceptors (Lipinski definition) is 2. The van der Waals surface area contributed by atoms with E-state index in [0.29, 0.717) is 15.7 Å². The van der Waals surface area contributed by atoms with E-state index in [1.54, 1.807) is 12.1 Å². The number of benzene rings is 2. The number of aryl methyl sites for hydroxylation is 1. The van der Waals surface area contributed by atoms with Gasteiger partial charge in [0, 0.05) is 16.4 Å². The van der Waals surface area contributed by atoms with Crippen LogP contribution in [0.5, 0.6) is 0 Å². The third kappa shape index (κ3) is 3.83. The first-order chi connectivity index (χ1) is 12.0. The maximum atomic E-state index is 13.0. The van der Waals surface area contributed by atoms with Gasteiger partial charge < -0.3 is 16.0 Å². The van der Waals surface area contributed by atoms with E-state index in [9.17, 15) is 4.79 Å². The zero-order valence-electron chi connectivity index (χ0n) is 13.9. The molecule has 0 spiro atoms. The minimum Gasteiger partial charge on any atom is -0.351 e. The summed E-state index contributed by atoms with van der Waals surface area (Å²) in [5.41, 5.74) is 4.04. The van der Waals surface area contributed by atoms with Crippen molar-refractivity contribution >= 4 is 40.5 Å². The fraction of sp³-hybridized carbons (Fsp3) is 0.158. The van der Waals surface area contributed by atoms with Crippen LogP contribution in [0.3, 0.4) is 0 Å². The molecule has 1 atom stereocenters. The molecule has 25 heavy (non-hydrogen) atoms. The van der Waals surface area contributed by atoms with Gasteiger partial charge in [-0.25, -0.2) is 0 Å². The first-order valence-electron chi connectivity index (χ1n) is 7.86. The first kappa shape index (κ1) is 17.5. The van der Waals surface area contributed by atoms with Crippen LogP contribution in [0.25, 0.3) is 0 Å². The van der Waals surface area contributed by atoms with Gasteiger partial charge in [0.15, 0.2) is 5.11 Å². The van der Waals surface area contributed by atoms with Crippen molar-refractivity contribution in [2.45, 2.75) is 19.9 Å². The average Bonchev–Trinajstić information content (AvgIpc) is 2.57. The van der Waals surface area contributed by atoms with Crippen molar-refractivity contribution in [2.24, 2.45) is 0 Å². The Labute approximate surface area is 157 Å². The third-order valence-corrected chi connectivity index (χ3v) is 4.58. The summed E-state index contributed by atoms with van der Waals surface area (Å²) in [6.45, 7) is 3.81. The minimum atomic E-state index is -0.338. The van der Waals surface area contributed by atoms with Crippen molar-refractivity contribution in [3.8, 4) is 0 Å². The molecule has 128 valence electrons. The Balaban J connectivity index is 1.96. The van der Waals surface area contributed by atoms with Crippen LogP contribution in [-0.4, -0.2) is 11.0 Å². The molecule has 6 heteroatoms. The summed E-state index contributed by atoms with van der Waals surface area (Å²) in [5.74, 6) is -0.172. The number of hydrogen-bond donors (Lipinski definition) is 3. The van der Waals surface area contributed by atoms with Crippen LogP contribution >= 0.6 is 23.8 Å². The summed E-state index contributed by atoms with van der Waals surface area (Å²) in [4.78, 5) is 13.0. The second kappa shape index (κ2) is 7.25. The van der Waals surface area contributed by atoms with Crippen LogP contribution < -0.4 is 16.0 Å². The summed E-state index contributed by atoms with van der Waals surface area (Å²) in [6, 6.07) is 14.7. The van der Waals surface area contributed by atoms with Crippen molar-refractivity contribution in [3.63, 3.8) is 0 Å². The number of para-hydroxylation sites is 1. The van der Waals surface area contributed by atoms with Gasteiger partial charge in [0.1, 0.15) is 0 Å². The van der Waals surface area contributed by atoms with Gasteiger partial charge in [0.25, 0.3) is 5.91 Å². The summed E-state index contributed by atoms with van der Waals surface area (Å²) in [5, 5.41) is 10.3. The molecule has 4 nitrogen and oxygen atoms in total. The second-order valence-corrected chi connectivity index (χ2v) is 6.74. The number of rotatable bonds is 3. The molecule has 0 unspecified atom stereocenters. The van der Waals surface area contributed by atoms with Crippen molar-refractivity contribution in [1.82, 2.24) is 10.6 Å². The van der Waals surface area contributed by atoms with E-state index in [4.69, 9.17) is 23.8 Å². The van der Waals surface area contributed by atoms with E-state index in [-0.39, 0.29) is 11.9 Å². The molecule has 1 amide bonds. The zero-order valence-corrected chi connectivity index (χ0v) is 15.5. The van der Waals surface area contributed by atoms with Crippen LogP contribution in [0, 0.1) is 6.92 Å². The zero-order chi connectivity index (χ0) is 18.0. The maximum Gasteiger partial charge on any atom is 0.255 e. The number of amides is 1. The molecular weight excluding hydrogens is 354 g/mol. The Kier molecular flexibility index (Phi) is 5.06. The molecule has 3 rings (SSSR count). The van der Waals surface area contributed by atoms with Crippen molar-refractivity contribution in [2.75, 3.05) is 5.32 Å². The number of halogens is 1. The smallest absolute Gasteiger partial charge is 0.255 e. The largest absolute Gasteiger partial charge is 0.351 e. The number of nitrogens with one attached hydrogen (secondary N) is 3. The van der Waals surface area contributed by atoms with E-state index < -0.39 is 0 Å². The molecule has 2 aromatic rings. The molecule has 0 aromatic heterocycles. The quantitative estimate of drug-likeness (QED) is 0.711. The van der Waals surface area contributed by atoms with Crippen LogP contribution in [0.1, 0.15) is 24.1 Å². The van der Waals surface area contributed by atoms with Crippen LogP contribution in [0.2, 0.25) is 5.02 Å². The molecule has 0 saturated heterocycles. The number of carbonyl (C=O) groups is 1. The molecule has 1 heterocycles. The lowest BCUT2D eigenvalue weighted by Crippen LogP contribution is -2.45. The molecular formula is C19H18ClN3OS. The normalized spacial score (nSPS) is 16.9. The Bertz CT molecular complexity index is 861. The lowest BCUT2D eigenvalue weighted by atomic mass is 9.95.